The minimum Gasteiger partial charge on any atom is -0.384 e. The summed E-state index contributed by atoms with van der Waals surface area (Å²) in [6, 6.07) is 1.73. The van der Waals surface area contributed by atoms with Gasteiger partial charge >= 0.3 is 5.69 Å². The summed E-state index contributed by atoms with van der Waals surface area (Å²) >= 11 is 0. The zero-order valence-electron chi connectivity index (χ0n) is 15.9. The van der Waals surface area contributed by atoms with Gasteiger partial charge in [0.15, 0.2) is 0 Å². The molecule has 6 nitrogen and oxygen atoms in total. The van der Waals surface area contributed by atoms with Crippen molar-refractivity contribution in [3.05, 3.63) is 27.9 Å². The molecule has 1 amide bonds. The quantitative estimate of drug-likeness (QED) is 0.885. The van der Waals surface area contributed by atoms with Crippen molar-refractivity contribution in [2.24, 2.45) is 22.7 Å². The van der Waals surface area contributed by atoms with E-state index in [1.165, 1.54) is 0 Å². The van der Waals surface area contributed by atoms with E-state index < -0.39 is 5.69 Å². The first-order valence-electron chi connectivity index (χ1n) is 9.05. The fourth-order valence-corrected chi connectivity index (χ4v) is 5.09. The molecule has 1 aromatic rings. The van der Waals surface area contributed by atoms with Crippen molar-refractivity contribution in [1.82, 2.24) is 14.9 Å². The van der Waals surface area contributed by atoms with E-state index in [1.807, 2.05) is 4.90 Å². The second kappa shape index (κ2) is 6.24. The van der Waals surface area contributed by atoms with Crippen molar-refractivity contribution in [3.8, 4) is 0 Å². The summed E-state index contributed by atoms with van der Waals surface area (Å²) in [5.41, 5.74) is 0.850. The minimum absolute atomic E-state index is 0.0515. The van der Waals surface area contributed by atoms with Crippen LogP contribution in [0.1, 0.15) is 50.3 Å². The van der Waals surface area contributed by atoms with Crippen molar-refractivity contribution in [2.75, 3.05) is 26.8 Å². The number of hydrogen-bond donors (Lipinski definition) is 1. The third-order valence-electron chi connectivity index (χ3n) is 5.77. The van der Waals surface area contributed by atoms with E-state index in [4.69, 9.17) is 4.74 Å². The Balaban J connectivity index is 1.83. The maximum atomic E-state index is 13.0. The van der Waals surface area contributed by atoms with Crippen LogP contribution in [0.3, 0.4) is 0 Å². The van der Waals surface area contributed by atoms with E-state index in [9.17, 15) is 9.59 Å². The van der Waals surface area contributed by atoms with Crippen LogP contribution in [0.2, 0.25) is 0 Å². The van der Waals surface area contributed by atoms with Crippen molar-refractivity contribution < 1.29 is 9.53 Å². The fraction of sp³-hybridized carbons (Fsp3) is 0.737. The van der Waals surface area contributed by atoms with Crippen molar-refractivity contribution in [3.63, 3.8) is 0 Å². The van der Waals surface area contributed by atoms with E-state index in [0.717, 1.165) is 18.5 Å². The van der Waals surface area contributed by atoms with Gasteiger partial charge in [0.2, 0.25) is 0 Å². The Kier molecular flexibility index (Phi) is 4.52. The smallest absolute Gasteiger partial charge is 0.345 e. The molecule has 6 heteroatoms. The van der Waals surface area contributed by atoms with E-state index in [1.54, 1.807) is 13.2 Å². The van der Waals surface area contributed by atoms with Crippen LogP contribution in [0.4, 0.5) is 0 Å². The van der Waals surface area contributed by atoms with Gasteiger partial charge in [-0.05, 0) is 36.2 Å². The number of nitrogens with one attached hydrogen (secondary N) is 1. The summed E-state index contributed by atoms with van der Waals surface area (Å²) in [5.74, 6) is 0.687. The number of hydrogen-bond acceptors (Lipinski definition) is 4. The Morgan fingerprint density at radius 2 is 2.20 bits per heavy atom. The van der Waals surface area contributed by atoms with Crippen LogP contribution in [0.15, 0.2) is 10.9 Å². The molecule has 1 saturated carbocycles. The molecule has 0 bridgehead atoms. The van der Waals surface area contributed by atoms with Gasteiger partial charge in [0.05, 0.1) is 6.61 Å². The first kappa shape index (κ1) is 18.1. The first-order valence-corrected chi connectivity index (χ1v) is 9.05. The highest BCUT2D eigenvalue weighted by molar-refractivity contribution is 5.92. The number of rotatable bonds is 5. The molecule has 1 saturated heterocycles. The van der Waals surface area contributed by atoms with Crippen LogP contribution >= 0.6 is 0 Å². The highest BCUT2D eigenvalue weighted by atomic mass is 16.5. The maximum absolute atomic E-state index is 13.0. The van der Waals surface area contributed by atoms with Crippen LogP contribution in [0.5, 0.6) is 0 Å². The van der Waals surface area contributed by atoms with Gasteiger partial charge < -0.3 is 14.6 Å². The molecular weight excluding hydrogens is 318 g/mol. The zero-order valence-corrected chi connectivity index (χ0v) is 15.9. The molecule has 0 spiro atoms. The summed E-state index contributed by atoms with van der Waals surface area (Å²) in [7, 11) is 1.72. The molecule has 3 rings (SSSR count). The predicted molar refractivity (Wildman–Crippen MR) is 95.5 cm³/mol. The van der Waals surface area contributed by atoms with Crippen LogP contribution in [0.25, 0.3) is 0 Å². The topological polar surface area (TPSA) is 75.3 Å². The molecule has 1 aromatic heterocycles. The van der Waals surface area contributed by atoms with Gasteiger partial charge in [-0.3, -0.25) is 4.79 Å². The lowest BCUT2D eigenvalue weighted by Crippen LogP contribution is -2.55. The maximum Gasteiger partial charge on any atom is 0.345 e. The SMILES string of the molecule is COC[C@@]12CN(C(=O)c3cc(CC(C)C)[nH]c(=O)n3)C[C@@H]1C(C)(C)C2. The van der Waals surface area contributed by atoms with E-state index >= 15 is 0 Å². The molecule has 1 aliphatic carbocycles. The average Bonchev–Trinajstić information content (AvgIpc) is 2.80. The lowest BCUT2D eigenvalue weighted by molar-refractivity contribution is -0.107. The monoisotopic (exact) mass is 347 g/mol. The molecule has 1 aliphatic heterocycles. The number of likely N-dealkylation sites (tertiary alicyclic amines) is 1. The zero-order chi connectivity index (χ0) is 18.4. The molecular formula is C19H29N3O3. The van der Waals surface area contributed by atoms with Gasteiger partial charge in [0, 0.05) is 31.3 Å². The lowest BCUT2D eigenvalue weighted by Gasteiger charge is -2.56. The molecule has 2 fully saturated rings. The number of fused-ring (bicyclic) bond motifs is 1. The average molecular weight is 347 g/mol. The van der Waals surface area contributed by atoms with Gasteiger partial charge in [-0.1, -0.05) is 27.7 Å². The summed E-state index contributed by atoms with van der Waals surface area (Å²) in [6.45, 7) is 10.7. The summed E-state index contributed by atoms with van der Waals surface area (Å²) in [5, 5.41) is 0. The van der Waals surface area contributed by atoms with Gasteiger partial charge in [-0.2, -0.15) is 4.98 Å². The molecule has 2 atom stereocenters. The van der Waals surface area contributed by atoms with Crippen molar-refractivity contribution in [2.45, 2.75) is 40.5 Å². The molecule has 0 unspecified atom stereocenters. The summed E-state index contributed by atoms with van der Waals surface area (Å²) in [6.07, 6.45) is 1.78. The third kappa shape index (κ3) is 3.24. The molecule has 138 valence electrons. The second-order valence-corrected chi connectivity index (χ2v) is 8.89. The number of aromatic amines is 1. The largest absolute Gasteiger partial charge is 0.384 e. The Morgan fingerprint density at radius 3 is 2.80 bits per heavy atom. The number of amides is 1. The third-order valence-corrected chi connectivity index (χ3v) is 5.77. The number of H-pyrrole nitrogens is 1. The molecule has 2 heterocycles. The summed E-state index contributed by atoms with van der Waals surface area (Å²) < 4.78 is 5.45. The molecule has 2 aliphatic rings. The highest BCUT2D eigenvalue weighted by Gasteiger charge is 2.63. The normalized spacial score (nSPS) is 27.3. The lowest BCUT2D eigenvalue weighted by atomic mass is 9.48. The Morgan fingerprint density at radius 1 is 1.48 bits per heavy atom. The first-order chi connectivity index (χ1) is 11.7. The molecule has 1 N–H and O–H groups in total. The number of ether oxygens (including phenoxy) is 1. The van der Waals surface area contributed by atoms with Crippen molar-refractivity contribution >= 4 is 5.91 Å². The van der Waals surface area contributed by atoms with Crippen LogP contribution < -0.4 is 5.69 Å². The van der Waals surface area contributed by atoms with E-state index in [2.05, 4.69) is 37.7 Å². The highest BCUT2D eigenvalue weighted by Crippen LogP contribution is 2.62. The minimum atomic E-state index is -0.449. The summed E-state index contributed by atoms with van der Waals surface area (Å²) in [4.78, 5) is 33.4. The van der Waals surface area contributed by atoms with Gasteiger partial charge in [0.25, 0.3) is 5.91 Å². The number of nitrogens with zero attached hydrogens (tertiary/aromatic N) is 2. The fourth-order valence-electron chi connectivity index (χ4n) is 5.09. The Bertz CT molecular complexity index is 725. The number of carbonyl (C=O) groups excluding carboxylic acids is 1. The predicted octanol–water partition coefficient (Wildman–Crippen LogP) is 2.10. The van der Waals surface area contributed by atoms with Gasteiger partial charge in [-0.25, -0.2) is 4.79 Å². The standard InChI is InChI=1S/C19H29N3O3/c1-12(2)6-13-7-14(21-17(24)20-13)16(23)22-8-15-18(3,4)9-19(15,10-22)11-25-5/h7,12,15H,6,8-11H2,1-5H3,(H,20,21,24)/t15-,19-/m1/s1. The van der Waals surface area contributed by atoms with E-state index in [0.29, 0.717) is 31.5 Å². The van der Waals surface area contributed by atoms with Gasteiger partial charge in [0.1, 0.15) is 5.69 Å². The van der Waals surface area contributed by atoms with Crippen LogP contribution in [-0.2, 0) is 11.2 Å². The number of methoxy groups -OCH3 is 1. The molecule has 0 aromatic carbocycles. The molecule has 0 radical (unpaired) electrons. The molecule has 25 heavy (non-hydrogen) atoms. The number of carbonyl (C=O) groups is 1. The van der Waals surface area contributed by atoms with E-state index in [-0.39, 0.29) is 22.4 Å². The Labute approximate surface area is 149 Å². The Hall–Kier alpha value is -1.69. The van der Waals surface area contributed by atoms with Crippen LogP contribution in [-0.4, -0.2) is 47.6 Å². The van der Waals surface area contributed by atoms with Crippen LogP contribution in [0, 0.1) is 22.7 Å². The van der Waals surface area contributed by atoms with Gasteiger partial charge in [-0.15, -0.1) is 0 Å². The number of aromatic nitrogens is 2. The second-order valence-electron chi connectivity index (χ2n) is 8.89. The van der Waals surface area contributed by atoms with Crippen molar-refractivity contribution in [1.29, 1.82) is 0 Å².